The maximum atomic E-state index is 12.4. The van der Waals surface area contributed by atoms with Crippen molar-refractivity contribution in [3.05, 3.63) is 65.1 Å². The largest absolute Gasteiger partial charge is 0.320 e. The second kappa shape index (κ2) is 5.05. The molecule has 4 nitrogen and oxygen atoms in total. The molecule has 2 heterocycles. The van der Waals surface area contributed by atoms with Gasteiger partial charge in [-0.25, -0.2) is 4.98 Å². The third kappa shape index (κ3) is 2.52. The van der Waals surface area contributed by atoms with E-state index in [1.807, 2.05) is 61.7 Å². The second-order valence-electron chi connectivity index (χ2n) is 5.32. The Labute approximate surface area is 123 Å². The summed E-state index contributed by atoms with van der Waals surface area (Å²) in [6.07, 6.45) is 3.66. The van der Waals surface area contributed by atoms with E-state index in [1.54, 1.807) is 6.20 Å². The SMILES string of the molecule is Cc1ccn2cc(C(=O)Nc3c(C)cccc3C)nc2c1. The van der Waals surface area contributed by atoms with Crippen LogP contribution in [0.4, 0.5) is 5.69 Å². The summed E-state index contributed by atoms with van der Waals surface area (Å²) in [4.78, 5) is 16.8. The summed E-state index contributed by atoms with van der Waals surface area (Å²) >= 11 is 0. The molecule has 0 atom stereocenters. The van der Waals surface area contributed by atoms with E-state index in [9.17, 15) is 4.79 Å². The average molecular weight is 279 g/mol. The van der Waals surface area contributed by atoms with E-state index in [4.69, 9.17) is 0 Å². The molecular weight excluding hydrogens is 262 g/mol. The van der Waals surface area contributed by atoms with E-state index in [1.165, 1.54) is 0 Å². The summed E-state index contributed by atoms with van der Waals surface area (Å²) in [7, 11) is 0. The summed E-state index contributed by atoms with van der Waals surface area (Å²) in [5, 5.41) is 2.96. The normalized spacial score (nSPS) is 10.8. The zero-order valence-corrected chi connectivity index (χ0v) is 12.3. The highest BCUT2D eigenvalue weighted by Crippen LogP contribution is 2.20. The molecule has 0 saturated carbocycles. The van der Waals surface area contributed by atoms with Gasteiger partial charge in [0.15, 0.2) is 0 Å². The van der Waals surface area contributed by atoms with Crippen LogP contribution in [-0.4, -0.2) is 15.3 Å². The molecule has 106 valence electrons. The Bertz CT molecular complexity index is 813. The summed E-state index contributed by atoms with van der Waals surface area (Å²) in [5.74, 6) is -0.186. The number of pyridine rings is 1. The first-order valence-electron chi connectivity index (χ1n) is 6.87. The first kappa shape index (κ1) is 13.4. The van der Waals surface area contributed by atoms with Crippen LogP contribution >= 0.6 is 0 Å². The lowest BCUT2D eigenvalue weighted by molar-refractivity contribution is 0.102. The lowest BCUT2D eigenvalue weighted by atomic mass is 10.1. The van der Waals surface area contributed by atoms with E-state index in [0.29, 0.717) is 5.69 Å². The van der Waals surface area contributed by atoms with Gasteiger partial charge < -0.3 is 9.72 Å². The fourth-order valence-corrected chi connectivity index (χ4v) is 2.38. The van der Waals surface area contributed by atoms with E-state index in [-0.39, 0.29) is 5.91 Å². The van der Waals surface area contributed by atoms with Gasteiger partial charge in [-0.2, -0.15) is 0 Å². The number of benzene rings is 1. The predicted octanol–water partition coefficient (Wildman–Crippen LogP) is 3.51. The molecule has 0 aliphatic carbocycles. The number of nitrogens with one attached hydrogen (secondary N) is 1. The van der Waals surface area contributed by atoms with Crippen molar-refractivity contribution < 1.29 is 4.79 Å². The maximum absolute atomic E-state index is 12.4. The molecule has 21 heavy (non-hydrogen) atoms. The van der Waals surface area contributed by atoms with Gasteiger partial charge in [-0.05, 0) is 49.6 Å². The lowest BCUT2D eigenvalue weighted by Crippen LogP contribution is -2.14. The molecule has 3 aromatic rings. The maximum Gasteiger partial charge on any atom is 0.275 e. The molecule has 3 rings (SSSR count). The van der Waals surface area contributed by atoms with Gasteiger partial charge in [0.25, 0.3) is 5.91 Å². The smallest absolute Gasteiger partial charge is 0.275 e. The van der Waals surface area contributed by atoms with Crippen LogP contribution in [0.3, 0.4) is 0 Å². The molecule has 0 spiro atoms. The summed E-state index contributed by atoms with van der Waals surface area (Å²) in [5.41, 5.74) is 5.27. The number of hydrogen-bond acceptors (Lipinski definition) is 2. The van der Waals surface area contributed by atoms with Gasteiger partial charge in [-0.3, -0.25) is 4.79 Å². The van der Waals surface area contributed by atoms with Crippen molar-refractivity contribution in [3.63, 3.8) is 0 Å². The van der Waals surface area contributed by atoms with Crippen LogP contribution in [0.25, 0.3) is 5.65 Å². The van der Waals surface area contributed by atoms with Gasteiger partial charge in [0.2, 0.25) is 0 Å². The number of anilines is 1. The van der Waals surface area contributed by atoms with Crippen molar-refractivity contribution >= 4 is 17.2 Å². The van der Waals surface area contributed by atoms with Gasteiger partial charge in [-0.15, -0.1) is 0 Å². The van der Waals surface area contributed by atoms with Gasteiger partial charge in [0.1, 0.15) is 11.3 Å². The van der Waals surface area contributed by atoms with Gasteiger partial charge in [0, 0.05) is 18.1 Å². The molecule has 0 radical (unpaired) electrons. The van der Waals surface area contributed by atoms with Crippen LogP contribution in [0.5, 0.6) is 0 Å². The number of aryl methyl sites for hydroxylation is 3. The second-order valence-corrected chi connectivity index (χ2v) is 5.32. The van der Waals surface area contributed by atoms with E-state index in [2.05, 4.69) is 10.3 Å². The lowest BCUT2D eigenvalue weighted by Gasteiger charge is -2.10. The van der Waals surface area contributed by atoms with Crippen LogP contribution in [-0.2, 0) is 0 Å². The fraction of sp³-hybridized carbons (Fsp3) is 0.176. The highest BCUT2D eigenvalue weighted by atomic mass is 16.1. The molecule has 0 aliphatic heterocycles. The third-order valence-corrected chi connectivity index (χ3v) is 3.57. The van der Waals surface area contributed by atoms with Crippen molar-refractivity contribution in [1.29, 1.82) is 0 Å². The van der Waals surface area contributed by atoms with E-state index >= 15 is 0 Å². The monoisotopic (exact) mass is 279 g/mol. The molecule has 0 fully saturated rings. The number of fused-ring (bicyclic) bond motifs is 1. The van der Waals surface area contributed by atoms with Crippen molar-refractivity contribution in [1.82, 2.24) is 9.38 Å². The number of hydrogen-bond donors (Lipinski definition) is 1. The predicted molar refractivity (Wildman–Crippen MR) is 83.8 cm³/mol. The van der Waals surface area contributed by atoms with Crippen molar-refractivity contribution in [3.8, 4) is 0 Å². The molecular formula is C17H17N3O. The number of carbonyl (C=O) groups excluding carboxylic acids is 1. The molecule has 0 saturated heterocycles. The number of imidazole rings is 1. The first-order valence-corrected chi connectivity index (χ1v) is 6.87. The molecule has 0 aliphatic rings. The highest BCUT2D eigenvalue weighted by molar-refractivity contribution is 6.04. The van der Waals surface area contributed by atoms with Gasteiger partial charge >= 0.3 is 0 Å². The topological polar surface area (TPSA) is 46.4 Å². The van der Waals surface area contributed by atoms with Crippen LogP contribution in [0.15, 0.2) is 42.7 Å². The number of nitrogens with zero attached hydrogens (tertiary/aromatic N) is 2. The molecule has 1 amide bonds. The summed E-state index contributed by atoms with van der Waals surface area (Å²) in [6, 6.07) is 9.89. The molecule has 1 aromatic carbocycles. The van der Waals surface area contributed by atoms with Crippen molar-refractivity contribution in [2.75, 3.05) is 5.32 Å². The zero-order chi connectivity index (χ0) is 15.0. The first-order chi connectivity index (χ1) is 10.0. The molecule has 0 unspecified atom stereocenters. The fourth-order valence-electron chi connectivity index (χ4n) is 2.38. The van der Waals surface area contributed by atoms with Crippen molar-refractivity contribution in [2.24, 2.45) is 0 Å². The zero-order valence-electron chi connectivity index (χ0n) is 12.3. The van der Waals surface area contributed by atoms with Crippen molar-refractivity contribution in [2.45, 2.75) is 20.8 Å². The Morgan fingerprint density at radius 1 is 1.14 bits per heavy atom. The Morgan fingerprint density at radius 3 is 2.57 bits per heavy atom. The standard InChI is InChI=1S/C17H17N3O/c1-11-7-8-20-10-14(18-15(20)9-11)17(21)19-16-12(2)5-4-6-13(16)3/h4-10H,1-3H3,(H,19,21). The Balaban J connectivity index is 1.94. The van der Waals surface area contributed by atoms with Gasteiger partial charge in [0.05, 0.1) is 0 Å². The number of carbonyl (C=O) groups is 1. The minimum atomic E-state index is -0.186. The molecule has 2 aromatic heterocycles. The number of amides is 1. The Morgan fingerprint density at radius 2 is 1.86 bits per heavy atom. The minimum absolute atomic E-state index is 0.186. The van der Waals surface area contributed by atoms with Crippen LogP contribution in [0.2, 0.25) is 0 Å². The third-order valence-electron chi connectivity index (χ3n) is 3.57. The Hall–Kier alpha value is -2.62. The quantitative estimate of drug-likeness (QED) is 0.780. The summed E-state index contributed by atoms with van der Waals surface area (Å²) < 4.78 is 1.85. The highest BCUT2D eigenvalue weighted by Gasteiger charge is 2.13. The molecule has 4 heteroatoms. The van der Waals surface area contributed by atoms with E-state index in [0.717, 1.165) is 28.0 Å². The minimum Gasteiger partial charge on any atom is -0.320 e. The molecule has 1 N–H and O–H groups in total. The van der Waals surface area contributed by atoms with Crippen LogP contribution in [0, 0.1) is 20.8 Å². The molecule has 0 bridgehead atoms. The van der Waals surface area contributed by atoms with E-state index < -0.39 is 0 Å². The summed E-state index contributed by atoms with van der Waals surface area (Å²) in [6.45, 7) is 5.97. The Kier molecular flexibility index (Phi) is 3.22. The number of aromatic nitrogens is 2. The number of para-hydroxylation sites is 1. The van der Waals surface area contributed by atoms with Crippen LogP contribution in [0.1, 0.15) is 27.2 Å². The average Bonchev–Trinajstić information content (AvgIpc) is 2.86. The van der Waals surface area contributed by atoms with Crippen LogP contribution < -0.4 is 5.32 Å². The number of rotatable bonds is 2. The van der Waals surface area contributed by atoms with Gasteiger partial charge in [-0.1, -0.05) is 18.2 Å².